The summed E-state index contributed by atoms with van der Waals surface area (Å²) in [4.78, 5) is 22.0. The fraction of sp³-hybridized carbons (Fsp3) is 0.208. The van der Waals surface area contributed by atoms with Crippen molar-refractivity contribution in [1.82, 2.24) is 19.9 Å². The standard InChI is InChI=1S/C24H24N4O4/c1-30-18-7-4-6-16(10-18)15-28-22(27-21-8-5-9-25-23(21)28)14-26-24(29)17-11-19(31-2)13-20(12-17)32-3/h4-13H,14-15H2,1-3H3,(H,26,29). The molecule has 0 unspecified atom stereocenters. The number of rotatable bonds is 8. The van der Waals surface area contributed by atoms with Gasteiger partial charge in [-0.2, -0.15) is 0 Å². The van der Waals surface area contributed by atoms with Crippen LogP contribution in [0.25, 0.3) is 11.2 Å². The Kier molecular flexibility index (Phi) is 6.21. The highest BCUT2D eigenvalue weighted by Gasteiger charge is 2.15. The molecule has 0 saturated heterocycles. The Morgan fingerprint density at radius 2 is 1.69 bits per heavy atom. The van der Waals surface area contributed by atoms with Gasteiger partial charge < -0.3 is 24.1 Å². The number of methoxy groups -OCH3 is 3. The van der Waals surface area contributed by atoms with E-state index in [0.29, 0.717) is 29.4 Å². The Balaban J connectivity index is 1.60. The fourth-order valence-electron chi connectivity index (χ4n) is 3.46. The highest BCUT2D eigenvalue weighted by Crippen LogP contribution is 2.23. The summed E-state index contributed by atoms with van der Waals surface area (Å²) in [5, 5.41) is 2.94. The molecule has 8 nitrogen and oxygen atoms in total. The monoisotopic (exact) mass is 432 g/mol. The molecule has 164 valence electrons. The number of pyridine rings is 1. The van der Waals surface area contributed by atoms with Gasteiger partial charge in [0.25, 0.3) is 5.91 Å². The maximum absolute atomic E-state index is 12.8. The van der Waals surface area contributed by atoms with Gasteiger partial charge in [-0.05, 0) is 42.0 Å². The van der Waals surface area contributed by atoms with Gasteiger partial charge in [0.1, 0.15) is 28.6 Å². The lowest BCUT2D eigenvalue weighted by Crippen LogP contribution is -2.25. The van der Waals surface area contributed by atoms with Crippen LogP contribution in [0.4, 0.5) is 0 Å². The average Bonchev–Trinajstić information content (AvgIpc) is 3.19. The zero-order valence-electron chi connectivity index (χ0n) is 18.2. The van der Waals surface area contributed by atoms with Crippen LogP contribution in [-0.4, -0.2) is 41.8 Å². The van der Waals surface area contributed by atoms with E-state index in [1.54, 1.807) is 45.7 Å². The van der Waals surface area contributed by atoms with Gasteiger partial charge in [0.05, 0.1) is 34.4 Å². The predicted octanol–water partition coefficient (Wildman–Crippen LogP) is 3.44. The molecule has 4 rings (SSSR count). The highest BCUT2D eigenvalue weighted by atomic mass is 16.5. The molecule has 2 heterocycles. The van der Waals surface area contributed by atoms with Crippen molar-refractivity contribution in [3.63, 3.8) is 0 Å². The van der Waals surface area contributed by atoms with E-state index >= 15 is 0 Å². The SMILES string of the molecule is COc1cccc(Cn2c(CNC(=O)c3cc(OC)cc(OC)c3)nc3cccnc32)c1. The fourth-order valence-corrected chi connectivity index (χ4v) is 3.46. The van der Waals surface area contributed by atoms with Crippen molar-refractivity contribution in [3.8, 4) is 17.2 Å². The third kappa shape index (κ3) is 4.49. The molecule has 0 aliphatic rings. The van der Waals surface area contributed by atoms with Crippen molar-refractivity contribution in [3.05, 3.63) is 77.7 Å². The molecule has 0 saturated carbocycles. The number of imidazole rings is 1. The van der Waals surface area contributed by atoms with Gasteiger partial charge in [-0.3, -0.25) is 4.79 Å². The minimum atomic E-state index is -0.254. The van der Waals surface area contributed by atoms with Gasteiger partial charge in [0.15, 0.2) is 5.65 Å². The minimum Gasteiger partial charge on any atom is -0.497 e. The van der Waals surface area contributed by atoms with Gasteiger partial charge in [-0.25, -0.2) is 9.97 Å². The van der Waals surface area contributed by atoms with E-state index in [2.05, 4.69) is 15.3 Å². The van der Waals surface area contributed by atoms with E-state index in [9.17, 15) is 4.79 Å². The average molecular weight is 432 g/mol. The van der Waals surface area contributed by atoms with Crippen molar-refractivity contribution >= 4 is 17.1 Å². The lowest BCUT2D eigenvalue weighted by Gasteiger charge is -2.12. The van der Waals surface area contributed by atoms with Gasteiger partial charge >= 0.3 is 0 Å². The van der Waals surface area contributed by atoms with Crippen LogP contribution in [0.2, 0.25) is 0 Å². The van der Waals surface area contributed by atoms with Gasteiger partial charge in [-0.1, -0.05) is 12.1 Å². The number of amides is 1. The summed E-state index contributed by atoms with van der Waals surface area (Å²) in [6.45, 7) is 0.779. The van der Waals surface area contributed by atoms with Crippen LogP contribution in [-0.2, 0) is 13.1 Å². The second-order valence-corrected chi connectivity index (χ2v) is 7.10. The maximum atomic E-state index is 12.8. The maximum Gasteiger partial charge on any atom is 0.251 e. The van der Waals surface area contributed by atoms with Crippen LogP contribution < -0.4 is 19.5 Å². The number of ether oxygens (including phenoxy) is 3. The van der Waals surface area contributed by atoms with Crippen LogP contribution in [0.1, 0.15) is 21.7 Å². The molecule has 2 aromatic heterocycles. The Morgan fingerprint density at radius 1 is 0.938 bits per heavy atom. The van der Waals surface area contributed by atoms with Crippen LogP contribution in [0.3, 0.4) is 0 Å². The van der Waals surface area contributed by atoms with Crippen LogP contribution in [0, 0.1) is 0 Å². The summed E-state index contributed by atoms with van der Waals surface area (Å²) in [7, 11) is 4.73. The van der Waals surface area contributed by atoms with Crippen LogP contribution >= 0.6 is 0 Å². The largest absolute Gasteiger partial charge is 0.497 e. The number of carbonyl (C=O) groups excluding carboxylic acids is 1. The molecule has 32 heavy (non-hydrogen) atoms. The molecule has 1 amide bonds. The van der Waals surface area contributed by atoms with Gasteiger partial charge in [0.2, 0.25) is 0 Å². The van der Waals surface area contributed by atoms with Crippen molar-refractivity contribution in [2.24, 2.45) is 0 Å². The number of aromatic nitrogens is 3. The Bertz CT molecular complexity index is 1230. The third-order valence-corrected chi connectivity index (χ3v) is 5.08. The summed E-state index contributed by atoms with van der Waals surface area (Å²) in [6.07, 6.45) is 1.73. The minimum absolute atomic E-state index is 0.235. The summed E-state index contributed by atoms with van der Waals surface area (Å²) in [5.74, 6) is 2.31. The molecular formula is C24H24N4O4. The third-order valence-electron chi connectivity index (χ3n) is 5.08. The Morgan fingerprint density at radius 3 is 2.41 bits per heavy atom. The summed E-state index contributed by atoms with van der Waals surface area (Å²) >= 11 is 0. The van der Waals surface area contributed by atoms with E-state index in [-0.39, 0.29) is 12.5 Å². The molecule has 0 fully saturated rings. The molecule has 0 aliphatic carbocycles. The zero-order chi connectivity index (χ0) is 22.5. The second-order valence-electron chi connectivity index (χ2n) is 7.10. The van der Waals surface area contributed by atoms with E-state index in [4.69, 9.17) is 14.2 Å². The van der Waals surface area contributed by atoms with Crippen molar-refractivity contribution in [2.45, 2.75) is 13.1 Å². The number of fused-ring (bicyclic) bond motifs is 1. The van der Waals surface area contributed by atoms with E-state index in [0.717, 1.165) is 22.5 Å². The Hall–Kier alpha value is -4.07. The van der Waals surface area contributed by atoms with Crippen LogP contribution in [0.5, 0.6) is 17.2 Å². The molecule has 2 aromatic carbocycles. The molecule has 0 radical (unpaired) electrons. The second kappa shape index (κ2) is 9.38. The number of nitrogens with zero attached hydrogens (tertiary/aromatic N) is 3. The topological polar surface area (TPSA) is 87.5 Å². The predicted molar refractivity (Wildman–Crippen MR) is 120 cm³/mol. The quantitative estimate of drug-likeness (QED) is 0.459. The number of hydrogen-bond donors (Lipinski definition) is 1. The first-order valence-electron chi connectivity index (χ1n) is 10.1. The lowest BCUT2D eigenvalue weighted by molar-refractivity contribution is 0.0949. The lowest BCUT2D eigenvalue weighted by atomic mass is 10.2. The van der Waals surface area contributed by atoms with Crippen LogP contribution in [0.15, 0.2) is 60.8 Å². The molecule has 1 N–H and O–H groups in total. The van der Waals surface area contributed by atoms with E-state index < -0.39 is 0 Å². The smallest absolute Gasteiger partial charge is 0.251 e. The molecule has 4 aromatic rings. The number of benzene rings is 2. The van der Waals surface area contributed by atoms with Crippen molar-refractivity contribution < 1.29 is 19.0 Å². The summed E-state index contributed by atoms with van der Waals surface area (Å²) in [6, 6.07) is 16.6. The molecular weight excluding hydrogens is 408 g/mol. The molecule has 0 atom stereocenters. The number of nitrogens with one attached hydrogen (secondary N) is 1. The first-order chi connectivity index (χ1) is 15.6. The van der Waals surface area contributed by atoms with Gasteiger partial charge in [-0.15, -0.1) is 0 Å². The van der Waals surface area contributed by atoms with Crippen molar-refractivity contribution in [1.29, 1.82) is 0 Å². The molecule has 8 heteroatoms. The van der Waals surface area contributed by atoms with Gasteiger partial charge in [0, 0.05) is 17.8 Å². The molecule has 0 spiro atoms. The zero-order valence-corrected chi connectivity index (χ0v) is 18.2. The Labute approximate surface area is 185 Å². The normalized spacial score (nSPS) is 10.7. The van der Waals surface area contributed by atoms with E-state index in [1.165, 1.54) is 0 Å². The number of carbonyl (C=O) groups is 1. The first-order valence-corrected chi connectivity index (χ1v) is 10.1. The molecule has 0 bridgehead atoms. The number of hydrogen-bond acceptors (Lipinski definition) is 6. The van der Waals surface area contributed by atoms with Crippen molar-refractivity contribution in [2.75, 3.05) is 21.3 Å². The summed E-state index contributed by atoms with van der Waals surface area (Å²) < 4.78 is 17.9. The first kappa shape index (κ1) is 21.2. The molecule has 0 aliphatic heterocycles. The van der Waals surface area contributed by atoms with E-state index in [1.807, 2.05) is 41.0 Å². The summed E-state index contributed by atoms with van der Waals surface area (Å²) in [5.41, 5.74) is 3.00. The highest BCUT2D eigenvalue weighted by molar-refractivity contribution is 5.95.